The summed E-state index contributed by atoms with van der Waals surface area (Å²) >= 11 is 0. The van der Waals surface area contributed by atoms with Crippen LogP contribution in [0.3, 0.4) is 0 Å². The Bertz CT molecular complexity index is 174. The molecule has 0 saturated carbocycles. The van der Waals surface area contributed by atoms with Crippen LogP contribution in [0, 0.1) is 0 Å². The molecule has 0 aromatic heterocycles. The monoisotopic (exact) mass is 206 g/mol. The molecule has 1 amide bonds. The third kappa shape index (κ3) is 2.58. The van der Waals surface area contributed by atoms with Crippen LogP contribution in [0.4, 0.5) is 0 Å². The van der Waals surface area contributed by atoms with Crippen molar-refractivity contribution < 1.29 is 4.79 Å². The van der Waals surface area contributed by atoms with E-state index < -0.39 is 0 Å². The molecule has 3 atom stereocenters. The van der Waals surface area contributed by atoms with Gasteiger partial charge in [0.15, 0.2) is 0 Å². The van der Waals surface area contributed by atoms with Gasteiger partial charge in [-0.1, -0.05) is 0 Å². The Morgan fingerprint density at radius 1 is 1.38 bits per heavy atom. The van der Waals surface area contributed by atoms with E-state index in [2.05, 4.69) is 13.8 Å². The molecule has 1 saturated heterocycles. The lowest BCUT2D eigenvalue weighted by molar-refractivity contribution is -0.134. The number of amides is 1. The summed E-state index contributed by atoms with van der Waals surface area (Å²) in [4.78, 5) is 13.5. The quantitative estimate of drug-likeness (QED) is 0.700. The van der Waals surface area contributed by atoms with Crippen LogP contribution in [0.15, 0.2) is 0 Å². The number of likely N-dealkylation sites (tertiary alicyclic amines) is 1. The van der Waals surface area contributed by atoms with Gasteiger partial charge in [0.25, 0.3) is 0 Å². The first-order valence-electron chi connectivity index (χ1n) is 4.61. The van der Waals surface area contributed by atoms with Crippen molar-refractivity contribution in [3.8, 4) is 0 Å². The van der Waals surface area contributed by atoms with E-state index in [1.54, 1.807) is 6.92 Å². The molecule has 0 aromatic rings. The summed E-state index contributed by atoms with van der Waals surface area (Å²) in [7, 11) is 0. The lowest BCUT2D eigenvalue weighted by Crippen LogP contribution is -2.46. The lowest BCUT2D eigenvalue weighted by atomic mass is 10.2. The fourth-order valence-electron chi connectivity index (χ4n) is 1.86. The highest BCUT2D eigenvalue weighted by molar-refractivity contribution is 5.85. The summed E-state index contributed by atoms with van der Waals surface area (Å²) in [5.41, 5.74) is 5.55. The Hall–Kier alpha value is -0.280. The fraction of sp³-hybridized carbons (Fsp3) is 0.889. The van der Waals surface area contributed by atoms with Crippen LogP contribution in [-0.4, -0.2) is 28.9 Å². The zero-order valence-corrected chi connectivity index (χ0v) is 9.30. The molecular weight excluding hydrogens is 188 g/mol. The van der Waals surface area contributed by atoms with Gasteiger partial charge in [0.05, 0.1) is 6.04 Å². The Kier molecular flexibility index (Phi) is 4.71. The van der Waals surface area contributed by atoms with E-state index in [0.29, 0.717) is 12.1 Å². The van der Waals surface area contributed by atoms with Crippen LogP contribution in [-0.2, 0) is 4.79 Å². The van der Waals surface area contributed by atoms with Gasteiger partial charge >= 0.3 is 0 Å². The molecule has 1 heterocycles. The molecule has 1 rings (SSSR count). The van der Waals surface area contributed by atoms with Crippen molar-refractivity contribution >= 4 is 18.3 Å². The molecule has 0 aliphatic carbocycles. The van der Waals surface area contributed by atoms with Gasteiger partial charge in [-0.3, -0.25) is 4.79 Å². The average Bonchev–Trinajstić information content (AvgIpc) is 2.30. The van der Waals surface area contributed by atoms with Crippen molar-refractivity contribution in [2.45, 2.75) is 51.7 Å². The second-order valence-electron chi connectivity index (χ2n) is 3.81. The summed E-state index contributed by atoms with van der Waals surface area (Å²) in [6.45, 7) is 5.92. The predicted molar refractivity (Wildman–Crippen MR) is 55.9 cm³/mol. The maximum absolute atomic E-state index is 11.6. The Balaban J connectivity index is 0.00000144. The fourth-order valence-corrected chi connectivity index (χ4v) is 1.86. The minimum Gasteiger partial charge on any atom is -0.336 e. The predicted octanol–water partition coefficient (Wildman–Crippen LogP) is 1.15. The molecule has 1 aliphatic rings. The van der Waals surface area contributed by atoms with E-state index in [1.807, 2.05) is 4.90 Å². The highest BCUT2D eigenvalue weighted by Gasteiger charge is 2.32. The molecule has 1 aliphatic heterocycles. The van der Waals surface area contributed by atoms with E-state index in [-0.39, 0.29) is 24.4 Å². The SMILES string of the molecule is CC1CCC(C)N1C(=O)[C@H](C)N.Cl. The normalized spacial score (nSPS) is 29.7. The summed E-state index contributed by atoms with van der Waals surface area (Å²) in [5.74, 6) is 0.0903. The van der Waals surface area contributed by atoms with Crippen LogP contribution in [0.1, 0.15) is 33.6 Å². The van der Waals surface area contributed by atoms with E-state index >= 15 is 0 Å². The van der Waals surface area contributed by atoms with Crippen molar-refractivity contribution in [1.82, 2.24) is 4.90 Å². The number of nitrogens with two attached hydrogens (primary N) is 1. The second kappa shape index (κ2) is 4.82. The molecule has 1 fully saturated rings. The van der Waals surface area contributed by atoms with E-state index in [4.69, 9.17) is 5.73 Å². The van der Waals surface area contributed by atoms with Gasteiger partial charge in [-0.25, -0.2) is 0 Å². The van der Waals surface area contributed by atoms with E-state index in [0.717, 1.165) is 12.8 Å². The van der Waals surface area contributed by atoms with Crippen molar-refractivity contribution in [3.05, 3.63) is 0 Å². The molecule has 2 N–H and O–H groups in total. The highest BCUT2D eigenvalue weighted by Crippen LogP contribution is 2.23. The first kappa shape index (κ1) is 12.7. The first-order chi connectivity index (χ1) is 5.54. The van der Waals surface area contributed by atoms with Crippen molar-refractivity contribution in [3.63, 3.8) is 0 Å². The van der Waals surface area contributed by atoms with Crippen molar-refractivity contribution in [2.75, 3.05) is 0 Å². The van der Waals surface area contributed by atoms with Gasteiger partial charge in [0.1, 0.15) is 0 Å². The highest BCUT2D eigenvalue weighted by atomic mass is 35.5. The van der Waals surface area contributed by atoms with Gasteiger partial charge in [-0.15, -0.1) is 12.4 Å². The molecule has 13 heavy (non-hydrogen) atoms. The molecule has 3 nitrogen and oxygen atoms in total. The number of hydrogen-bond acceptors (Lipinski definition) is 2. The summed E-state index contributed by atoms with van der Waals surface area (Å²) in [6.07, 6.45) is 2.22. The summed E-state index contributed by atoms with van der Waals surface area (Å²) in [5, 5.41) is 0. The summed E-state index contributed by atoms with van der Waals surface area (Å²) in [6, 6.07) is 0.394. The zero-order valence-electron chi connectivity index (χ0n) is 8.49. The molecule has 4 heteroatoms. The average molecular weight is 207 g/mol. The number of rotatable bonds is 1. The van der Waals surface area contributed by atoms with Crippen LogP contribution in [0.25, 0.3) is 0 Å². The zero-order chi connectivity index (χ0) is 9.30. The number of carbonyl (C=O) groups is 1. The van der Waals surface area contributed by atoms with Crippen molar-refractivity contribution in [1.29, 1.82) is 0 Å². The maximum atomic E-state index is 11.6. The molecule has 0 bridgehead atoms. The van der Waals surface area contributed by atoms with Crippen molar-refractivity contribution in [2.24, 2.45) is 5.73 Å². The Morgan fingerprint density at radius 3 is 2.08 bits per heavy atom. The number of nitrogens with zero attached hydrogens (tertiary/aromatic N) is 1. The van der Waals surface area contributed by atoms with Gasteiger partial charge in [-0.2, -0.15) is 0 Å². The largest absolute Gasteiger partial charge is 0.336 e. The molecule has 0 radical (unpaired) electrons. The Morgan fingerprint density at radius 2 is 1.77 bits per heavy atom. The van der Waals surface area contributed by atoms with Gasteiger partial charge in [-0.05, 0) is 33.6 Å². The van der Waals surface area contributed by atoms with Crippen LogP contribution >= 0.6 is 12.4 Å². The van der Waals surface area contributed by atoms with Gasteiger partial charge < -0.3 is 10.6 Å². The third-order valence-corrected chi connectivity index (χ3v) is 2.60. The second-order valence-corrected chi connectivity index (χ2v) is 3.81. The van der Waals surface area contributed by atoms with Gasteiger partial charge in [0.2, 0.25) is 5.91 Å². The molecule has 0 aromatic carbocycles. The molecule has 78 valence electrons. The van der Waals surface area contributed by atoms with Crippen LogP contribution in [0.5, 0.6) is 0 Å². The number of halogens is 1. The number of hydrogen-bond donors (Lipinski definition) is 1. The van der Waals surface area contributed by atoms with E-state index in [1.165, 1.54) is 0 Å². The third-order valence-electron chi connectivity index (χ3n) is 2.60. The molecule has 2 unspecified atom stereocenters. The van der Waals surface area contributed by atoms with E-state index in [9.17, 15) is 4.79 Å². The topological polar surface area (TPSA) is 46.3 Å². The molecular formula is C9H19ClN2O. The minimum absolute atomic E-state index is 0. The summed E-state index contributed by atoms with van der Waals surface area (Å²) < 4.78 is 0. The standard InChI is InChI=1S/C9H18N2O.ClH/c1-6-4-5-7(2)11(6)9(12)8(3)10;/h6-8H,4-5,10H2,1-3H3;1H/t6?,7?,8-;/m0./s1. The maximum Gasteiger partial charge on any atom is 0.239 e. The smallest absolute Gasteiger partial charge is 0.239 e. The lowest BCUT2D eigenvalue weighted by Gasteiger charge is -2.27. The molecule has 0 spiro atoms. The van der Waals surface area contributed by atoms with Gasteiger partial charge in [0, 0.05) is 12.1 Å². The van der Waals surface area contributed by atoms with Crippen LogP contribution in [0.2, 0.25) is 0 Å². The van der Waals surface area contributed by atoms with Crippen LogP contribution < -0.4 is 5.73 Å². The first-order valence-corrected chi connectivity index (χ1v) is 4.61. The minimum atomic E-state index is -0.354. The Labute approximate surface area is 86.1 Å². The number of carbonyl (C=O) groups excluding carboxylic acids is 1.